The molecule has 3 aromatic rings. The molecule has 3 aliphatic rings. The summed E-state index contributed by atoms with van der Waals surface area (Å²) in [5.41, 5.74) is 2.40. The Morgan fingerprint density at radius 1 is 0.857 bits per heavy atom. The Morgan fingerprint density at radius 2 is 1.60 bits per heavy atom. The molecule has 10 heteroatoms. The zero-order chi connectivity index (χ0) is 29.8. The average Bonchev–Trinajstić information content (AvgIpc) is 3.57. The van der Waals surface area contributed by atoms with E-state index in [0.717, 1.165) is 17.5 Å². The second-order valence-corrected chi connectivity index (χ2v) is 11.0. The van der Waals surface area contributed by atoms with Crippen LogP contribution in [-0.4, -0.2) is 59.6 Å². The van der Waals surface area contributed by atoms with Gasteiger partial charge in [0, 0.05) is 23.8 Å². The number of hydrogen-bond donors (Lipinski definition) is 4. The fourth-order valence-corrected chi connectivity index (χ4v) is 6.75. The van der Waals surface area contributed by atoms with Gasteiger partial charge in [-0.25, -0.2) is 0 Å². The first-order valence-electron chi connectivity index (χ1n) is 14.0. The summed E-state index contributed by atoms with van der Waals surface area (Å²) in [4.78, 5) is 43.3. The lowest BCUT2D eigenvalue weighted by molar-refractivity contribution is -0.142. The number of carbonyl (C=O) groups is 3. The van der Waals surface area contributed by atoms with Crippen molar-refractivity contribution in [1.82, 2.24) is 10.2 Å². The number of aromatic hydroxyl groups is 2. The molecule has 4 atom stereocenters. The molecule has 0 aromatic heterocycles. The quantitative estimate of drug-likeness (QED) is 0.239. The van der Waals surface area contributed by atoms with E-state index in [1.807, 2.05) is 37.3 Å². The van der Waals surface area contributed by atoms with E-state index in [4.69, 9.17) is 9.47 Å². The Balaban J connectivity index is 1.37. The molecular weight excluding hydrogens is 538 g/mol. The van der Waals surface area contributed by atoms with Gasteiger partial charge in [0.25, 0.3) is 0 Å². The number of hydrogen-bond acceptors (Lipinski definition) is 8. The molecule has 2 unspecified atom stereocenters. The molecule has 218 valence electrons. The molecule has 3 amide bonds. The standard InChI is InChI=1S/C32H33N3O7/c1-4-17-5-8-21-20(13-17)32(31(40)33-21)28-27(22(34-32)14-19-6-9-23(36)24(37)15-19)29(38)35(30(28)39)12-11-18-7-10-25(41-2)26(16-18)42-3/h5-10,13,15-16,22,27-28,34,36-37H,4,11-12,14H2,1-3H3,(H,33,40)/t22?,27-,28+,32?/m1/s1. The molecular formula is C32H33N3O7. The van der Waals surface area contributed by atoms with Crippen LogP contribution in [0.15, 0.2) is 54.6 Å². The number of nitrogens with zero attached hydrogens (tertiary/aromatic N) is 1. The van der Waals surface area contributed by atoms with Crippen molar-refractivity contribution in [3.05, 3.63) is 76.9 Å². The minimum Gasteiger partial charge on any atom is -0.504 e. The number of likely N-dealkylation sites (tertiary alicyclic amines) is 1. The molecule has 4 N–H and O–H groups in total. The molecule has 1 spiro atoms. The monoisotopic (exact) mass is 571 g/mol. The molecule has 2 fully saturated rings. The van der Waals surface area contributed by atoms with Crippen molar-refractivity contribution >= 4 is 23.4 Å². The van der Waals surface area contributed by atoms with Gasteiger partial charge in [-0.05, 0) is 66.3 Å². The molecule has 0 bridgehead atoms. The smallest absolute Gasteiger partial charge is 0.250 e. The highest BCUT2D eigenvalue weighted by atomic mass is 16.5. The molecule has 3 aliphatic heterocycles. The van der Waals surface area contributed by atoms with E-state index >= 15 is 0 Å². The van der Waals surface area contributed by atoms with Crippen LogP contribution in [0.5, 0.6) is 23.0 Å². The number of nitrogens with one attached hydrogen (secondary N) is 2. The van der Waals surface area contributed by atoms with Crippen LogP contribution >= 0.6 is 0 Å². The van der Waals surface area contributed by atoms with E-state index in [2.05, 4.69) is 10.6 Å². The Kier molecular flexibility index (Phi) is 6.81. The molecule has 3 heterocycles. The number of fused-ring (bicyclic) bond motifs is 4. The second-order valence-electron chi connectivity index (χ2n) is 11.0. The highest BCUT2D eigenvalue weighted by Gasteiger charge is 2.70. The van der Waals surface area contributed by atoms with Gasteiger partial charge in [0.2, 0.25) is 17.7 Å². The number of phenols is 2. The maximum absolute atomic E-state index is 14.2. The van der Waals surface area contributed by atoms with Crippen molar-refractivity contribution in [2.24, 2.45) is 11.8 Å². The van der Waals surface area contributed by atoms with Gasteiger partial charge in [0.1, 0.15) is 5.54 Å². The summed E-state index contributed by atoms with van der Waals surface area (Å²) in [6, 6.07) is 15.1. The first kappa shape index (κ1) is 27.6. The number of methoxy groups -OCH3 is 2. The summed E-state index contributed by atoms with van der Waals surface area (Å²) in [6.07, 6.45) is 1.40. The number of amides is 3. The maximum Gasteiger partial charge on any atom is 0.250 e. The van der Waals surface area contributed by atoms with Crippen molar-refractivity contribution in [1.29, 1.82) is 0 Å². The van der Waals surface area contributed by atoms with Crippen LogP contribution in [0.25, 0.3) is 0 Å². The largest absolute Gasteiger partial charge is 0.504 e. The van der Waals surface area contributed by atoms with Crippen molar-refractivity contribution in [2.75, 3.05) is 26.1 Å². The van der Waals surface area contributed by atoms with Gasteiger partial charge in [-0.1, -0.05) is 31.2 Å². The van der Waals surface area contributed by atoms with Crippen molar-refractivity contribution in [3.63, 3.8) is 0 Å². The molecule has 10 nitrogen and oxygen atoms in total. The van der Waals surface area contributed by atoms with Crippen LogP contribution < -0.4 is 20.1 Å². The van der Waals surface area contributed by atoms with Gasteiger partial charge < -0.3 is 25.0 Å². The topological polar surface area (TPSA) is 137 Å². The SMILES string of the molecule is CCc1ccc2c(c1)C1(NC(Cc3ccc(O)c(O)c3)[C@H]3C(=O)N(CCc4ccc(OC)c(OC)c4)C(=O)[C@H]31)C(=O)N2. The zero-order valence-electron chi connectivity index (χ0n) is 23.6. The zero-order valence-corrected chi connectivity index (χ0v) is 23.6. The number of benzene rings is 3. The van der Waals surface area contributed by atoms with E-state index in [0.29, 0.717) is 34.7 Å². The summed E-state index contributed by atoms with van der Waals surface area (Å²) in [5, 5.41) is 26.3. The predicted octanol–water partition coefficient (Wildman–Crippen LogP) is 2.88. The minimum atomic E-state index is -1.42. The molecule has 2 saturated heterocycles. The summed E-state index contributed by atoms with van der Waals surface area (Å²) in [5.74, 6) is -2.24. The van der Waals surface area contributed by atoms with Crippen LogP contribution in [0.3, 0.4) is 0 Å². The van der Waals surface area contributed by atoms with Gasteiger partial charge in [-0.15, -0.1) is 0 Å². The normalized spacial score (nSPS) is 24.2. The number of ether oxygens (including phenoxy) is 2. The van der Waals surface area contributed by atoms with Gasteiger partial charge in [-0.2, -0.15) is 0 Å². The first-order valence-corrected chi connectivity index (χ1v) is 14.0. The number of imide groups is 1. The van der Waals surface area contributed by atoms with Crippen LogP contribution in [-0.2, 0) is 39.2 Å². The maximum atomic E-state index is 14.2. The fourth-order valence-electron chi connectivity index (χ4n) is 6.75. The van der Waals surface area contributed by atoms with Gasteiger partial charge >= 0.3 is 0 Å². The third kappa shape index (κ3) is 4.16. The lowest BCUT2D eigenvalue weighted by atomic mass is 9.76. The summed E-state index contributed by atoms with van der Waals surface area (Å²) < 4.78 is 10.7. The predicted molar refractivity (Wildman–Crippen MR) is 153 cm³/mol. The lowest BCUT2D eigenvalue weighted by Crippen LogP contribution is -2.53. The fraction of sp³-hybridized carbons (Fsp3) is 0.344. The van der Waals surface area contributed by atoms with E-state index < -0.39 is 23.4 Å². The Hall–Kier alpha value is -4.57. The summed E-state index contributed by atoms with van der Waals surface area (Å²) >= 11 is 0. The number of carbonyl (C=O) groups excluding carboxylic acids is 3. The number of anilines is 1. The highest BCUT2D eigenvalue weighted by molar-refractivity contribution is 6.15. The van der Waals surface area contributed by atoms with Crippen molar-refractivity contribution in [3.8, 4) is 23.0 Å². The molecule has 6 rings (SSSR count). The molecule has 3 aromatic carbocycles. The summed E-state index contributed by atoms with van der Waals surface area (Å²) in [7, 11) is 3.10. The molecule has 0 saturated carbocycles. The molecule has 0 radical (unpaired) electrons. The minimum absolute atomic E-state index is 0.145. The van der Waals surface area contributed by atoms with Crippen LogP contribution in [0.1, 0.15) is 29.2 Å². The van der Waals surface area contributed by atoms with E-state index in [1.165, 1.54) is 17.0 Å². The summed E-state index contributed by atoms with van der Waals surface area (Å²) in [6.45, 7) is 2.16. The third-order valence-corrected chi connectivity index (χ3v) is 8.85. The Bertz CT molecular complexity index is 1600. The number of aryl methyl sites for hydroxylation is 1. The van der Waals surface area contributed by atoms with Crippen LogP contribution in [0.4, 0.5) is 5.69 Å². The van der Waals surface area contributed by atoms with E-state index in [1.54, 1.807) is 26.4 Å². The molecule has 0 aliphatic carbocycles. The highest BCUT2D eigenvalue weighted by Crippen LogP contribution is 2.53. The second kappa shape index (κ2) is 10.4. The Labute approximate surface area is 243 Å². The van der Waals surface area contributed by atoms with Gasteiger partial charge in [0.15, 0.2) is 23.0 Å². The van der Waals surface area contributed by atoms with Crippen LogP contribution in [0, 0.1) is 11.8 Å². The van der Waals surface area contributed by atoms with E-state index in [9.17, 15) is 24.6 Å². The first-order chi connectivity index (χ1) is 20.2. The average molecular weight is 572 g/mol. The van der Waals surface area contributed by atoms with E-state index in [-0.39, 0.29) is 42.2 Å². The number of rotatable bonds is 8. The number of phenolic OH excluding ortho intramolecular Hbond substituents is 2. The van der Waals surface area contributed by atoms with Crippen molar-refractivity contribution in [2.45, 2.75) is 37.8 Å². The van der Waals surface area contributed by atoms with Gasteiger partial charge in [0.05, 0.1) is 26.1 Å². The Morgan fingerprint density at radius 3 is 2.31 bits per heavy atom. The third-order valence-electron chi connectivity index (χ3n) is 8.85. The van der Waals surface area contributed by atoms with Crippen LogP contribution in [0.2, 0.25) is 0 Å². The molecule has 42 heavy (non-hydrogen) atoms. The lowest BCUT2D eigenvalue weighted by Gasteiger charge is -2.30. The van der Waals surface area contributed by atoms with Gasteiger partial charge in [-0.3, -0.25) is 24.6 Å². The van der Waals surface area contributed by atoms with Crippen molar-refractivity contribution < 1.29 is 34.1 Å².